The van der Waals surface area contributed by atoms with Gasteiger partial charge in [-0.3, -0.25) is 14.9 Å². The Morgan fingerprint density at radius 1 is 1.60 bits per heavy atom. The van der Waals surface area contributed by atoms with Crippen molar-refractivity contribution in [1.82, 2.24) is 4.98 Å². The van der Waals surface area contributed by atoms with Crippen LogP contribution in [0.5, 0.6) is 0 Å². The second-order valence-electron chi connectivity index (χ2n) is 3.10. The van der Waals surface area contributed by atoms with Gasteiger partial charge in [-0.05, 0) is 6.07 Å². The fourth-order valence-electron chi connectivity index (χ4n) is 0.844. The highest BCUT2D eigenvalue weighted by molar-refractivity contribution is 7.93. The molecular weight excluding hydrogens is 240 g/mol. The van der Waals surface area contributed by atoms with Gasteiger partial charge in [0.2, 0.25) is 5.82 Å². The molecule has 8 heteroatoms. The first-order valence-corrected chi connectivity index (χ1v) is 6.60. The lowest BCUT2D eigenvalue weighted by atomic mass is 10.4. The monoisotopic (exact) mass is 248 g/mol. The first kappa shape index (κ1) is 11.9. The predicted molar refractivity (Wildman–Crippen MR) is 59.9 cm³/mol. The first-order chi connectivity index (χ1) is 6.79. The van der Waals surface area contributed by atoms with Crippen LogP contribution < -0.4 is 0 Å². The summed E-state index contributed by atoms with van der Waals surface area (Å²) in [4.78, 5) is 13.8. The van der Waals surface area contributed by atoms with E-state index in [9.17, 15) is 10.1 Å². The topological polar surface area (TPSA) is 92.2 Å². The zero-order chi connectivity index (χ0) is 11.6. The number of nitrogens with one attached hydrogen (secondary N) is 1. The van der Waals surface area contributed by atoms with Gasteiger partial charge in [-0.25, -0.2) is 4.98 Å². The average Bonchev–Trinajstić information content (AvgIpc) is 1.99. The molecule has 0 unspecified atom stereocenters. The van der Waals surface area contributed by atoms with Gasteiger partial charge in [-0.2, -0.15) is 4.36 Å². The molecule has 1 aromatic heterocycles. The fourth-order valence-corrected chi connectivity index (χ4v) is 1.55. The van der Waals surface area contributed by atoms with Crippen molar-refractivity contribution in [1.29, 1.82) is 4.78 Å². The molecule has 0 aliphatic heterocycles. The SMILES string of the molecule is CS(C)(=N)=Nc1nc(Cl)ccc1[N+](=O)[O-]. The molecule has 0 aliphatic carbocycles. The Bertz CT molecular complexity index is 514. The van der Waals surface area contributed by atoms with E-state index in [0.29, 0.717) is 0 Å². The largest absolute Gasteiger partial charge is 0.314 e. The summed E-state index contributed by atoms with van der Waals surface area (Å²) in [5, 5.41) is 10.8. The molecular formula is C7H9ClN4O2S. The number of rotatable bonds is 2. The van der Waals surface area contributed by atoms with E-state index in [1.807, 2.05) is 0 Å². The van der Waals surface area contributed by atoms with Crippen LogP contribution in [0.4, 0.5) is 11.5 Å². The molecule has 0 amide bonds. The summed E-state index contributed by atoms with van der Waals surface area (Å²) in [5.74, 6) is -0.0810. The van der Waals surface area contributed by atoms with Crippen molar-refractivity contribution in [3.05, 3.63) is 27.4 Å². The van der Waals surface area contributed by atoms with Gasteiger partial charge < -0.3 is 0 Å². The molecule has 1 N–H and O–H groups in total. The highest BCUT2D eigenvalue weighted by Gasteiger charge is 2.15. The van der Waals surface area contributed by atoms with E-state index in [0.717, 1.165) is 0 Å². The van der Waals surface area contributed by atoms with Crippen LogP contribution in [-0.4, -0.2) is 22.4 Å². The highest BCUT2D eigenvalue weighted by atomic mass is 35.5. The van der Waals surface area contributed by atoms with Gasteiger partial charge in [0.25, 0.3) is 0 Å². The minimum atomic E-state index is -2.00. The maximum absolute atomic E-state index is 10.6. The van der Waals surface area contributed by atoms with Gasteiger partial charge in [0.1, 0.15) is 5.15 Å². The zero-order valence-electron chi connectivity index (χ0n) is 8.10. The van der Waals surface area contributed by atoms with Crippen molar-refractivity contribution in [2.75, 3.05) is 12.5 Å². The third-order valence-electron chi connectivity index (χ3n) is 1.33. The fraction of sp³-hybridized carbons (Fsp3) is 0.286. The summed E-state index contributed by atoms with van der Waals surface area (Å²) in [6.45, 7) is 0. The average molecular weight is 249 g/mol. The molecule has 0 saturated carbocycles. The van der Waals surface area contributed by atoms with Gasteiger partial charge in [-0.15, -0.1) is 0 Å². The van der Waals surface area contributed by atoms with Crippen molar-refractivity contribution in [3.63, 3.8) is 0 Å². The van der Waals surface area contributed by atoms with Gasteiger partial charge in [0.05, 0.1) is 4.92 Å². The number of pyridine rings is 1. The maximum Gasteiger partial charge on any atom is 0.314 e. The van der Waals surface area contributed by atoms with E-state index in [-0.39, 0.29) is 16.7 Å². The van der Waals surface area contributed by atoms with Crippen LogP contribution in [0.15, 0.2) is 16.5 Å². The lowest BCUT2D eigenvalue weighted by Crippen LogP contribution is -1.93. The predicted octanol–water partition coefficient (Wildman–Crippen LogP) is 2.63. The normalized spacial score (nSPS) is 11.1. The molecule has 0 atom stereocenters. The molecule has 0 spiro atoms. The van der Waals surface area contributed by atoms with Gasteiger partial charge in [0, 0.05) is 18.6 Å². The van der Waals surface area contributed by atoms with Crippen LogP contribution >= 0.6 is 11.6 Å². The van der Waals surface area contributed by atoms with E-state index in [1.165, 1.54) is 12.1 Å². The maximum atomic E-state index is 10.6. The Labute approximate surface area is 92.1 Å². The quantitative estimate of drug-likeness (QED) is 0.495. The third kappa shape index (κ3) is 3.45. The molecule has 1 rings (SSSR count). The van der Waals surface area contributed by atoms with E-state index < -0.39 is 14.5 Å². The number of aromatic nitrogens is 1. The standard InChI is InChI=1S/C7H9ClN4O2S/c1-15(2,9)11-7-5(12(13)14)3-4-6(8)10-7/h3-4,9H,1-2H3. The molecule has 0 bridgehead atoms. The lowest BCUT2D eigenvalue weighted by Gasteiger charge is -2.00. The molecule has 0 fully saturated rings. The number of hydrogen-bond donors (Lipinski definition) is 1. The Hall–Kier alpha value is -1.21. The van der Waals surface area contributed by atoms with Gasteiger partial charge in [-0.1, -0.05) is 21.2 Å². The smallest absolute Gasteiger partial charge is 0.270 e. The number of halogens is 1. The summed E-state index contributed by atoms with van der Waals surface area (Å²) in [5.41, 5.74) is -0.229. The highest BCUT2D eigenvalue weighted by Crippen LogP contribution is 2.27. The molecule has 0 saturated heterocycles. The summed E-state index contributed by atoms with van der Waals surface area (Å²) >= 11 is 5.60. The van der Waals surface area contributed by atoms with Crippen molar-refractivity contribution in [3.8, 4) is 0 Å². The van der Waals surface area contributed by atoms with Crippen molar-refractivity contribution < 1.29 is 4.92 Å². The molecule has 1 heterocycles. The van der Waals surface area contributed by atoms with Crippen molar-refractivity contribution in [2.24, 2.45) is 4.36 Å². The Morgan fingerprint density at radius 2 is 2.20 bits per heavy atom. The van der Waals surface area contributed by atoms with E-state index in [4.69, 9.17) is 16.4 Å². The van der Waals surface area contributed by atoms with E-state index >= 15 is 0 Å². The summed E-state index contributed by atoms with van der Waals surface area (Å²) < 4.78 is 11.5. The van der Waals surface area contributed by atoms with Crippen molar-refractivity contribution >= 4 is 32.7 Å². The molecule has 0 radical (unpaired) electrons. The first-order valence-electron chi connectivity index (χ1n) is 3.81. The van der Waals surface area contributed by atoms with Crippen LogP contribution in [0.1, 0.15) is 0 Å². The second-order valence-corrected chi connectivity index (χ2v) is 6.21. The minimum absolute atomic E-state index is 0.0810. The Kier molecular flexibility index (Phi) is 3.25. The number of nitro groups is 1. The number of hydrogen-bond acceptors (Lipinski definition) is 5. The van der Waals surface area contributed by atoms with Crippen molar-refractivity contribution in [2.45, 2.75) is 0 Å². The molecule has 15 heavy (non-hydrogen) atoms. The summed E-state index contributed by atoms with van der Waals surface area (Å²) in [6, 6.07) is 2.56. The molecule has 6 nitrogen and oxygen atoms in total. The second kappa shape index (κ2) is 4.11. The van der Waals surface area contributed by atoms with E-state index in [1.54, 1.807) is 12.5 Å². The Balaban J connectivity index is 3.45. The van der Waals surface area contributed by atoms with Crippen LogP contribution in [-0.2, 0) is 9.62 Å². The van der Waals surface area contributed by atoms with Gasteiger partial charge in [0.15, 0.2) is 0 Å². The van der Waals surface area contributed by atoms with Crippen LogP contribution in [0.2, 0.25) is 5.15 Å². The minimum Gasteiger partial charge on any atom is -0.270 e. The molecule has 0 aromatic carbocycles. The third-order valence-corrected chi connectivity index (χ3v) is 2.17. The summed E-state index contributed by atoms with van der Waals surface area (Å²) in [7, 11) is -2.00. The lowest BCUT2D eigenvalue weighted by molar-refractivity contribution is -0.384. The molecule has 0 aliphatic rings. The zero-order valence-corrected chi connectivity index (χ0v) is 9.67. The number of nitrogens with zero attached hydrogens (tertiary/aromatic N) is 3. The van der Waals surface area contributed by atoms with Crippen LogP contribution in [0, 0.1) is 14.9 Å². The molecule has 1 aromatic rings. The summed E-state index contributed by atoms with van der Waals surface area (Å²) in [6.07, 6.45) is 3.17. The van der Waals surface area contributed by atoms with Crippen LogP contribution in [0.25, 0.3) is 0 Å². The van der Waals surface area contributed by atoms with Crippen LogP contribution in [0.3, 0.4) is 0 Å². The van der Waals surface area contributed by atoms with E-state index in [2.05, 4.69) is 9.35 Å². The Morgan fingerprint density at radius 3 is 2.67 bits per heavy atom. The van der Waals surface area contributed by atoms with Gasteiger partial charge >= 0.3 is 5.69 Å². The molecule has 82 valence electrons.